The number of nitrogens with zero attached hydrogens (tertiary/aromatic N) is 2. The predicted molar refractivity (Wildman–Crippen MR) is 124 cm³/mol. The van der Waals surface area contributed by atoms with Crippen LogP contribution in [0.1, 0.15) is 13.3 Å². The van der Waals surface area contributed by atoms with E-state index in [1.807, 2.05) is 48.5 Å². The fraction of sp³-hybridized carbons (Fsp3) is 0.200. The summed E-state index contributed by atoms with van der Waals surface area (Å²) >= 11 is 6.46. The monoisotopic (exact) mass is 434 g/mol. The summed E-state index contributed by atoms with van der Waals surface area (Å²) in [6.07, 6.45) is 2.50. The van der Waals surface area contributed by atoms with E-state index in [9.17, 15) is 0 Å². The molecule has 0 aliphatic heterocycles. The lowest BCUT2D eigenvalue weighted by Gasteiger charge is -2.12. The van der Waals surface area contributed by atoms with Crippen LogP contribution in [0.4, 0.5) is 0 Å². The lowest BCUT2D eigenvalue weighted by Crippen LogP contribution is -1.96. The second-order valence-corrected chi connectivity index (χ2v) is 7.42. The van der Waals surface area contributed by atoms with Gasteiger partial charge in [0.05, 0.1) is 37.1 Å². The number of hydrogen-bond acceptors (Lipinski definition) is 5. The quantitative estimate of drug-likeness (QED) is 0.335. The Morgan fingerprint density at radius 1 is 0.774 bits per heavy atom. The molecule has 0 atom stereocenters. The first-order valence-corrected chi connectivity index (χ1v) is 10.4. The van der Waals surface area contributed by atoms with Crippen LogP contribution in [-0.4, -0.2) is 30.8 Å². The molecule has 4 rings (SSSR count). The third-order valence-electron chi connectivity index (χ3n) is 5.02. The number of fused-ring (bicyclic) bond motifs is 1. The van der Waals surface area contributed by atoms with E-state index in [-0.39, 0.29) is 0 Å². The maximum Gasteiger partial charge on any atom is 0.161 e. The van der Waals surface area contributed by atoms with Crippen LogP contribution >= 0.6 is 11.6 Å². The predicted octanol–water partition coefficient (Wildman–Crippen LogP) is 6.42. The van der Waals surface area contributed by atoms with Crippen molar-refractivity contribution in [3.8, 4) is 39.6 Å². The molecular formula is C25H23ClN2O3. The molecule has 5 nitrogen and oxygen atoms in total. The second kappa shape index (κ2) is 9.23. The molecule has 3 aromatic carbocycles. The fourth-order valence-corrected chi connectivity index (χ4v) is 3.69. The standard InChI is InChI=1S/C25H23ClN2O3/c1-4-11-31-22-9-7-18(13-20(22)26)25-19-12-16(5-8-21(19)27-15-28-25)17-6-10-23(29-2)24(14-17)30-3/h5-10,12-15H,4,11H2,1-3H3. The zero-order valence-electron chi connectivity index (χ0n) is 17.7. The maximum atomic E-state index is 6.46. The van der Waals surface area contributed by atoms with Crippen LogP contribution in [0.5, 0.6) is 17.2 Å². The largest absolute Gasteiger partial charge is 0.493 e. The molecule has 0 bridgehead atoms. The summed E-state index contributed by atoms with van der Waals surface area (Å²) in [5.41, 5.74) is 4.62. The van der Waals surface area contributed by atoms with Gasteiger partial charge in [0.2, 0.25) is 0 Å². The van der Waals surface area contributed by atoms with Crippen molar-refractivity contribution in [2.24, 2.45) is 0 Å². The number of aromatic nitrogens is 2. The van der Waals surface area contributed by atoms with Crippen molar-refractivity contribution in [3.05, 3.63) is 65.9 Å². The topological polar surface area (TPSA) is 53.5 Å². The van der Waals surface area contributed by atoms with Crippen LogP contribution in [0.3, 0.4) is 0 Å². The van der Waals surface area contributed by atoms with Gasteiger partial charge >= 0.3 is 0 Å². The number of halogens is 1. The van der Waals surface area contributed by atoms with Gasteiger partial charge in [-0.1, -0.05) is 30.7 Å². The van der Waals surface area contributed by atoms with Crippen molar-refractivity contribution in [1.82, 2.24) is 9.97 Å². The Bertz CT molecular complexity index is 1230. The first-order chi connectivity index (χ1) is 15.1. The van der Waals surface area contributed by atoms with Gasteiger partial charge in [0, 0.05) is 10.9 Å². The Balaban J connectivity index is 1.79. The van der Waals surface area contributed by atoms with E-state index in [0.717, 1.165) is 39.7 Å². The van der Waals surface area contributed by atoms with Gasteiger partial charge in [-0.2, -0.15) is 0 Å². The van der Waals surface area contributed by atoms with Crippen LogP contribution in [0.25, 0.3) is 33.3 Å². The van der Waals surface area contributed by atoms with E-state index in [0.29, 0.717) is 28.9 Å². The molecule has 0 unspecified atom stereocenters. The first-order valence-electron chi connectivity index (χ1n) is 10.0. The van der Waals surface area contributed by atoms with Gasteiger partial charge in [0.25, 0.3) is 0 Å². The average Bonchev–Trinajstić information content (AvgIpc) is 2.82. The molecule has 0 fully saturated rings. The summed E-state index contributed by atoms with van der Waals surface area (Å²) in [5, 5.41) is 1.50. The summed E-state index contributed by atoms with van der Waals surface area (Å²) in [5.74, 6) is 2.05. The molecule has 0 aliphatic carbocycles. The summed E-state index contributed by atoms with van der Waals surface area (Å²) in [7, 11) is 3.26. The van der Waals surface area contributed by atoms with Gasteiger partial charge in [-0.05, 0) is 60.0 Å². The molecule has 6 heteroatoms. The first kappa shape index (κ1) is 20.9. The molecule has 0 saturated heterocycles. The summed E-state index contributed by atoms with van der Waals surface area (Å²) in [6, 6.07) is 17.7. The van der Waals surface area contributed by atoms with Gasteiger partial charge in [-0.15, -0.1) is 0 Å². The lowest BCUT2D eigenvalue weighted by atomic mass is 10.00. The molecule has 158 valence electrons. The van der Waals surface area contributed by atoms with Gasteiger partial charge < -0.3 is 14.2 Å². The Morgan fingerprint density at radius 3 is 2.23 bits per heavy atom. The van der Waals surface area contributed by atoms with Crippen LogP contribution in [0, 0.1) is 0 Å². The summed E-state index contributed by atoms with van der Waals surface area (Å²) in [6.45, 7) is 2.69. The van der Waals surface area contributed by atoms with Gasteiger partial charge in [0.15, 0.2) is 11.5 Å². The minimum Gasteiger partial charge on any atom is -0.493 e. The SMILES string of the molecule is CCCOc1ccc(-c2ncnc3ccc(-c4ccc(OC)c(OC)c4)cc23)cc1Cl. The van der Waals surface area contributed by atoms with E-state index in [2.05, 4.69) is 23.0 Å². The molecule has 0 amide bonds. The number of methoxy groups -OCH3 is 2. The van der Waals surface area contributed by atoms with Crippen LogP contribution in [-0.2, 0) is 0 Å². The van der Waals surface area contributed by atoms with Crippen molar-refractivity contribution >= 4 is 22.5 Å². The molecule has 1 heterocycles. The number of hydrogen-bond donors (Lipinski definition) is 0. The molecule has 0 aliphatic rings. The van der Waals surface area contributed by atoms with Gasteiger partial charge in [-0.3, -0.25) is 0 Å². The number of ether oxygens (including phenoxy) is 3. The van der Waals surface area contributed by atoms with Crippen LogP contribution < -0.4 is 14.2 Å². The zero-order chi connectivity index (χ0) is 21.8. The van der Waals surface area contributed by atoms with Gasteiger partial charge in [-0.25, -0.2) is 9.97 Å². The summed E-state index contributed by atoms with van der Waals surface area (Å²) in [4.78, 5) is 8.98. The molecule has 0 radical (unpaired) electrons. The maximum absolute atomic E-state index is 6.46. The highest BCUT2D eigenvalue weighted by atomic mass is 35.5. The molecule has 0 spiro atoms. The molecule has 4 aromatic rings. The van der Waals surface area contributed by atoms with Gasteiger partial charge in [0.1, 0.15) is 12.1 Å². The third kappa shape index (κ3) is 4.28. The minimum atomic E-state index is 0.564. The molecule has 31 heavy (non-hydrogen) atoms. The fourth-order valence-electron chi connectivity index (χ4n) is 3.46. The Morgan fingerprint density at radius 2 is 1.48 bits per heavy atom. The van der Waals surface area contributed by atoms with E-state index in [1.165, 1.54) is 0 Å². The minimum absolute atomic E-state index is 0.564. The van der Waals surface area contributed by atoms with E-state index in [4.69, 9.17) is 25.8 Å². The molecule has 0 saturated carbocycles. The second-order valence-electron chi connectivity index (χ2n) is 7.02. The van der Waals surface area contributed by atoms with E-state index >= 15 is 0 Å². The van der Waals surface area contributed by atoms with Crippen molar-refractivity contribution in [3.63, 3.8) is 0 Å². The van der Waals surface area contributed by atoms with Crippen molar-refractivity contribution in [1.29, 1.82) is 0 Å². The highest BCUT2D eigenvalue weighted by Crippen LogP contribution is 2.36. The smallest absolute Gasteiger partial charge is 0.161 e. The Kier molecular flexibility index (Phi) is 6.23. The summed E-state index contributed by atoms with van der Waals surface area (Å²) < 4.78 is 16.5. The molecule has 0 N–H and O–H groups in total. The van der Waals surface area contributed by atoms with E-state index in [1.54, 1.807) is 20.5 Å². The average molecular weight is 435 g/mol. The van der Waals surface area contributed by atoms with E-state index < -0.39 is 0 Å². The normalized spacial score (nSPS) is 10.8. The Labute approximate surface area is 186 Å². The molecule has 1 aromatic heterocycles. The third-order valence-corrected chi connectivity index (χ3v) is 5.31. The van der Waals surface area contributed by atoms with Crippen LogP contribution in [0.2, 0.25) is 5.02 Å². The van der Waals surface area contributed by atoms with Crippen molar-refractivity contribution in [2.75, 3.05) is 20.8 Å². The highest BCUT2D eigenvalue weighted by molar-refractivity contribution is 6.32. The Hall–Kier alpha value is -3.31. The highest BCUT2D eigenvalue weighted by Gasteiger charge is 2.12. The number of benzene rings is 3. The number of rotatable bonds is 7. The zero-order valence-corrected chi connectivity index (χ0v) is 18.4. The lowest BCUT2D eigenvalue weighted by molar-refractivity contribution is 0.317. The molecular weight excluding hydrogens is 412 g/mol. The van der Waals surface area contributed by atoms with Crippen molar-refractivity contribution in [2.45, 2.75) is 13.3 Å². The van der Waals surface area contributed by atoms with Crippen molar-refractivity contribution < 1.29 is 14.2 Å². The van der Waals surface area contributed by atoms with Crippen LogP contribution in [0.15, 0.2) is 60.9 Å².